The van der Waals surface area contributed by atoms with Gasteiger partial charge in [-0.05, 0) is 24.3 Å². The maximum Gasteiger partial charge on any atom is 0.244 e. The first-order chi connectivity index (χ1) is 9.24. The number of pyridine rings is 2. The smallest absolute Gasteiger partial charge is 0.244 e. The second kappa shape index (κ2) is 4.74. The van der Waals surface area contributed by atoms with Crippen molar-refractivity contribution < 1.29 is 4.74 Å². The van der Waals surface area contributed by atoms with Gasteiger partial charge in [0.1, 0.15) is 10.7 Å². The van der Waals surface area contributed by atoms with Gasteiger partial charge in [0.15, 0.2) is 5.75 Å². The molecule has 94 valence electrons. The number of ether oxygens (including phenoxy) is 1. The number of anilines is 1. The number of nitrogens with two attached hydrogens (primary N) is 1. The highest BCUT2D eigenvalue weighted by molar-refractivity contribution is 6.29. The van der Waals surface area contributed by atoms with Gasteiger partial charge in [0, 0.05) is 11.6 Å². The van der Waals surface area contributed by atoms with Crippen LogP contribution in [0.5, 0.6) is 11.6 Å². The molecule has 0 aliphatic carbocycles. The van der Waals surface area contributed by atoms with Crippen molar-refractivity contribution in [1.29, 1.82) is 0 Å². The van der Waals surface area contributed by atoms with E-state index in [4.69, 9.17) is 22.1 Å². The van der Waals surface area contributed by atoms with Crippen molar-refractivity contribution in [2.24, 2.45) is 0 Å². The predicted molar refractivity (Wildman–Crippen MR) is 75.5 cm³/mol. The highest BCUT2D eigenvalue weighted by atomic mass is 35.5. The summed E-state index contributed by atoms with van der Waals surface area (Å²) in [6.07, 6.45) is 1.71. The Kier molecular flexibility index (Phi) is 2.93. The van der Waals surface area contributed by atoms with Crippen LogP contribution in [0, 0.1) is 0 Å². The molecule has 0 bridgehead atoms. The molecule has 0 amide bonds. The van der Waals surface area contributed by atoms with E-state index in [2.05, 4.69) is 9.97 Å². The lowest BCUT2D eigenvalue weighted by Gasteiger charge is -2.09. The summed E-state index contributed by atoms with van der Waals surface area (Å²) in [5.41, 5.74) is 7.00. The summed E-state index contributed by atoms with van der Waals surface area (Å²) in [5, 5.41) is 1.32. The molecule has 2 heterocycles. The summed E-state index contributed by atoms with van der Waals surface area (Å²) in [6.45, 7) is 0. The van der Waals surface area contributed by atoms with Crippen molar-refractivity contribution in [2.75, 3.05) is 5.73 Å². The maximum atomic E-state index is 5.84. The third-order valence-corrected chi connectivity index (χ3v) is 2.87. The standard InChI is InChI=1S/C14H10ClN3O/c15-12-7-6-10(16)14(18-12)19-11-5-1-3-9-4-2-8-17-13(9)11/h1-8H,16H2. The van der Waals surface area contributed by atoms with E-state index in [1.165, 1.54) is 0 Å². The van der Waals surface area contributed by atoms with Crippen LogP contribution in [0.4, 0.5) is 5.69 Å². The van der Waals surface area contributed by atoms with Gasteiger partial charge in [-0.3, -0.25) is 4.98 Å². The molecule has 4 nitrogen and oxygen atoms in total. The Morgan fingerprint density at radius 1 is 1.05 bits per heavy atom. The number of rotatable bonds is 2. The molecule has 0 fully saturated rings. The van der Waals surface area contributed by atoms with E-state index in [1.54, 1.807) is 18.3 Å². The molecule has 0 saturated heterocycles. The van der Waals surface area contributed by atoms with Gasteiger partial charge in [-0.25, -0.2) is 0 Å². The highest BCUT2D eigenvalue weighted by Gasteiger charge is 2.08. The number of nitrogen functional groups attached to an aromatic ring is 1. The van der Waals surface area contributed by atoms with Crippen LogP contribution >= 0.6 is 11.6 Å². The fourth-order valence-electron chi connectivity index (χ4n) is 1.77. The van der Waals surface area contributed by atoms with Crippen LogP contribution in [0.2, 0.25) is 5.15 Å². The number of aromatic nitrogens is 2. The van der Waals surface area contributed by atoms with Gasteiger partial charge in [0.25, 0.3) is 0 Å². The van der Waals surface area contributed by atoms with Gasteiger partial charge in [-0.1, -0.05) is 29.8 Å². The number of benzene rings is 1. The topological polar surface area (TPSA) is 61.0 Å². The second-order valence-electron chi connectivity index (χ2n) is 3.96. The van der Waals surface area contributed by atoms with E-state index >= 15 is 0 Å². The van der Waals surface area contributed by atoms with E-state index in [0.717, 1.165) is 10.9 Å². The van der Waals surface area contributed by atoms with E-state index in [0.29, 0.717) is 16.6 Å². The fourth-order valence-corrected chi connectivity index (χ4v) is 1.91. The van der Waals surface area contributed by atoms with Gasteiger partial charge in [0.05, 0.1) is 5.69 Å². The zero-order valence-corrected chi connectivity index (χ0v) is 10.6. The first-order valence-corrected chi connectivity index (χ1v) is 6.05. The summed E-state index contributed by atoms with van der Waals surface area (Å²) in [4.78, 5) is 8.37. The molecule has 19 heavy (non-hydrogen) atoms. The molecule has 0 spiro atoms. The Hall–Kier alpha value is -2.33. The molecule has 0 atom stereocenters. The number of hydrogen-bond acceptors (Lipinski definition) is 4. The van der Waals surface area contributed by atoms with Crippen LogP contribution in [-0.2, 0) is 0 Å². The number of hydrogen-bond donors (Lipinski definition) is 1. The summed E-state index contributed by atoms with van der Waals surface area (Å²) < 4.78 is 5.72. The van der Waals surface area contributed by atoms with Crippen LogP contribution in [0.3, 0.4) is 0 Å². The SMILES string of the molecule is Nc1ccc(Cl)nc1Oc1cccc2cccnc12. The molecule has 2 aromatic heterocycles. The number of halogens is 1. The molecule has 5 heteroatoms. The minimum atomic E-state index is 0.283. The lowest BCUT2D eigenvalue weighted by Crippen LogP contribution is -1.96. The second-order valence-corrected chi connectivity index (χ2v) is 4.35. The third-order valence-electron chi connectivity index (χ3n) is 2.66. The van der Waals surface area contributed by atoms with Gasteiger partial charge in [-0.2, -0.15) is 4.98 Å². The lowest BCUT2D eigenvalue weighted by molar-refractivity contribution is 0.470. The Balaban J connectivity index is 2.08. The van der Waals surface area contributed by atoms with E-state index in [1.807, 2.05) is 30.3 Å². The zero-order valence-electron chi connectivity index (χ0n) is 9.88. The molecule has 0 saturated carbocycles. The van der Waals surface area contributed by atoms with Gasteiger partial charge in [-0.15, -0.1) is 0 Å². The maximum absolute atomic E-state index is 5.84. The van der Waals surface area contributed by atoms with Crippen LogP contribution in [-0.4, -0.2) is 9.97 Å². The van der Waals surface area contributed by atoms with Gasteiger partial charge < -0.3 is 10.5 Å². The Bertz CT molecular complexity index is 740. The quantitative estimate of drug-likeness (QED) is 0.723. The van der Waals surface area contributed by atoms with Crippen molar-refractivity contribution in [1.82, 2.24) is 9.97 Å². The van der Waals surface area contributed by atoms with E-state index in [9.17, 15) is 0 Å². The average molecular weight is 272 g/mol. The van der Waals surface area contributed by atoms with Crippen LogP contribution < -0.4 is 10.5 Å². The van der Waals surface area contributed by atoms with Crippen molar-refractivity contribution >= 4 is 28.2 Å². The lowest BCUT2D eigenvalue weighted by atomic mass is 10.2. The van der Waals surface area contributed by atoms with Crippen LogP contribution in [0.15, 0.2) is 48.7 Å². The summed E-state index contributed by atoms with van der Waals surface area (Å²) in [7, 11) is 0. The van der Waals surface area contributed by atoms with Crippen LogP contribution in [0.25, 0.3) is 10.9 Å². The molecule has 3 rings (SSSR count). The Labute approximate surface area is 114 Å². The predicted octanol–water partition coefficient (Wildman–Crippen LogP) is 3.66. The Morgan fingerprint density at radius 3 is 2.79 bits per heavy atom. The molecule has 1 aromatic carbocycles. The monoisotopic (exact) mass is 271 g/mol. The first kappa shape index (κ1) is 11.7. The fraction of sp³-hybridized carbons (Fsp3) is 0. The highest BCUT2D eigenvalue weighted by Crippen LogP contribution is 2.30. The molecule has 0 unspecified atom stereocenters. The number of fused-ring (bicyclic) bond motifs is 1. The molecule has 0 aliphatic rings. The third kappa shape index (κ3) is 2.30. The zero-order chi connectivity index (χ0) is 13.2. The minimum absolute atomic E-state index is 0.283. The van der Waals surface area contributed by atoms with Crippen LogP contribution in [0.1, 0.15) is 0 Å². The number of nitrogens with zero attached hydrogens (tertiary/aromatic N) is 2. The average Bonchev–Trinajstić information content (AvgIpc) is 2.43. The molecule has 0 aliphatic heterocycles. The van der Waals surface area contributed by atoms with E-state index in [-0.39, 0.29) is 5.88 Å². The molecule has 0 radical (unpaired) electrons. The summed E-state index contributed by atoms with van der Waals surface area (Å²) in [6, 6.07) is 12.8. The largest absolute Gasteiger partial charge is 0.435 e. The summed E-state index contributed by atoms with van der Waals surface area (Å²) >= 11 is 5.84. The van der Waals surface area contributed by atoms with Crippen molar-refractivity contribution in [2.45, 2.75) is 0 Å². The molecular formula is C14H10ClN3O. The van der Waals surface area contributed by atoms with Crippen molar-refractivity contribution in [3.05, 3.63) is 53.8 Å². The first-order valence-electron chi connectivity index (χ1n) is 5.67. The van der Waals surface area contributed by atoms with Crippen molar-refractivity contribution in [3.8, 4) is 11.6 Å². The molecule has 3 aromatic rings. The minimum Gasteiger partial charge on any atom is -0.435 e. The Morgan fingerprint density at radius 2 is 1.89 bits per heavy atom. The van der Waals surface area contributed by atoms with Crippen molar-refractivity contribution in [3.63, 3.8) is 0 Å². The summed E-state index contributed by atoms with van der Waals surface area (Å²) in [5.74, 6) is 0.880. The number of para-hydroxylation sites is 1. The van der Waals surface area contributed by atoms with Gasteiger partial charge in [0.2, 0.25) is 5.88 Å². The normalized spacial score (nSPS) is 10.6. The molecular weight excluding hydrogens is 262 g/mol. The molecule has 2 N–H and O–H groups in total. The van der Waals surface area contributed by atoms with Gasteiger partial charge >= 0.3 is 0 Å². The van der Waals surface area contributed by atoms with E-state index < -0.39 is 0 Å².